The Morgan fingerprint density at radius 2 is 2.22 bits per heavy atom. The van der Waals surface area contributed by atoms with Crippen molar-refractivity contribution in [1.82, 2.24) is 10.3 Å². The Morgan fingerprint density at radius 1 is 1.43 bits per heavy atom. The van der Waals surface area contributed by atoms with Gasteiger partial charge in [-0.15, -0.1) is 11.3 Å². The number of carbonyl (C=O) groups excluding carboxylic acids is 1. The van der Waals surface area contributed by atoms with Gasteiger partial charge in [-0.1, -0.05) is 0 Å². The van der Waals surface area contributed by atoms with Gasteiger partial charge in [0.05, 0.1) is 17.2 Å². The van der Waals surface area contributed by atoms with Gasteiger partial charge in [0.2, 0.25) is 0 Å². The number of thiazole rings is 1. The summed E-state index contributed by atoms with van der Waals surface area (Å²) in [6, 6.07) is 3.69. The van der Waals surface area contributed by atoms with E-state index in [1.807, 2.05) is 19.1 Å². The first-order valence-corrected chi connectivity index (χ1v) is 10.0. The summed E-state index contributed by atoms with van der Waals surface area (Å²) in [4.78, 5) is 17.2. The van der Waals surface area contributed by atoms with Crippen LogP contribution in [0.1, 0.15) is 27.5 Å². The van der Waals surface area contributed by atoms with Crippen LogP contribution in [0.15, 0.2) is 16.5 Å². The number of aromatic nitrogens is 1. The smallest absolute Gasteiger partial charge is 0.263 e. The van der Waals surface area contributed by atoms with Gasteiger partial charge in [-0.3, -0.25) is 4.79 Å². The van der Waals surface area contributed by atoms with Crippen molar-refractivity contribution in [2.75, 3.05) is 18.1 Å². The van der Waals surface area contributed by atoms with E-state index in [-0.39, 0.29) is 23.3 Å². The number of amides is 1. The molecule has 1 N–H and O–H groups in total. The standard InChI is InChI=1S/C15H18N2O4S2/c1-9-3-4-12(21-9)15-17-10(2)13(22-15)14(18)16-7-11-5-6-23(19,20)8-11/h3-4,11H,5-8H2,1-2H3,(H,16,18)/t11-/m0/s1. The first-order valence-electron chi connectivity index (χ1n) is 7.37. The van der Waals surface area contributed by atoms with Crippen molar-refractivity contribution in [2.45, 2.75) is 20.3 Å². The van der Waals surface area contributed by atoms with E-state index < -0.39 is 9.84 Å². The van der Waals surface area contributed by atoms with Crippen LogP contribution in [0.4, 0.5) is 0 Å². The Kier molecular flexibility index (Phi) is 4.29. The minimum atomic E-state index is -2.92. The van der Waals surface area contributed by atoms with E-state index in [1.165, 1.54) is 11.3 Å². The molecular formula is C15H18N2O4S2. The van der Waals surface area contributed by atoms with Crippen molar-refractivity contribution in [1.29, 1.82) is 0 Å². The van der Waals surface area contributed by atoms with Gasteiger partial charge in [0, 0.05) is 6.54 Å². The number of hydrogen-bond donors (Lipinski definition) is 1. The normalized spacial score (nSPS) is 19.8. The fourth-order valence-corrected chi connectivity index (χ4v) is 5.42. The zero-order valence-electron chi connectivity index (χ0n) is 13.0. The van der Waals surface area contributed by atoms with Crippen molar-refractivity contribution in [3.63, 3.8) is 0 Å². The molecule has 0 unspecified atom stereocenters. The summed E-state index contributed by atoms with van der Waals surface area (Å²) in [7, 11) is -2.92. The predicted molar refractivity (Wildman–Crippen MR) is 88.4 cm³/mol. The monoisotopic (exact) mass is 354 g/mol. The molecule has 0 spiro atoms. The zero-order valence-corrected chi connectivity index (χ0v) is 14.6. The number of aryl methyl sites for hydroxylation is 2. The minimum Gasteiger partial charge on any atom is -0.459 e. The molecule has 8 heteroatoms. The minimum absolute atomic E-state index is 0.00405. The molecule has 1 atom stereocenters. The second-order valence-corrected chi connectivity index (χ2v) is 9.05. The lowest BCUT2D eigenvalue weighted by molar-refractivity contribution is 0.0951. The predicted octanol–water partition coefficient (Wildman–Crippen LogP) is 2.18. The summed E-state index contributed by atoms with van der Waals surface area (Å²) in [5, 5.41) is 3.50. The van der Waals surface area contributed by atoms with Crippen LogP contribution in [0.3, 0.4) is 0 Å². The van der Waals surface area contributed by atoms with Gasteiger partial charge in [0.15, 0.2) is 20.6 Å². The molecule has 0 aliphatic carbocycles. The molecule has 0 radical (unpaired) electrons. The number of rotatable bonds is 4. The SMILES string of the molecule is Cc1ccc(-c2nc(C)c(C(=O)NC[C@@H]3CCS(=O)(=O)C3)s2)o1. The summed E-state index contributed by atoms with van der Waals surface area (Å²) in [6.45, 7) is 4.02. The maximum absolute atomic E-state index is 12.3. The average molecular weight is 354 g/mol. The third-order valence-corrected chi connectivity index (χ3v) is 6.84. The highest BCUT2D eigenvalue weighted by molar-refractivity contribution is 7.91. The Morgan fingerprint density at radius 3 is 2.83 bits per heavy atom. The molecular weight excluding hydrogens is 336 g/mol. The Balaban J connectivity index is 1.67. The summed E-state index contributed by atoms with van der Waals surface area (Å²) in [5.41, 5.74) is 0.649. The maximum atomic E-state index is 12.3. The van der Waals surface area contributed by atoms with Gasteiger partial charge in [0.25, 0.3) is 5.91 Å². The van der Waals surface area contributed by atoms with Crippen LogP contribution in [0.5, 0.6) is 0 Å². The van der Waals surface area contributed by atoms with Crippen molar-refractivity contribution in [2.24, 2.45) is 5.92 Å². The highest BCUT2D eigenvalue weighted by atomic mass is 32.2. The highest BCUT2D eigenvalue weighted by Gasteiger charge is 2.28. The molecule has 2 aromatic heterocycles. The molecule has 1 aliphatic rings. The first-order chi connectivity index (χ1) is 10.8. The van der Waals surface area contributed by atoms with Crippen LogP contribution in [0, 0.1) is 19.8 Å². The van der Waals surface area contributed by atoms with E-state index >= 15 is 0 Å². The van der Waals surface area contributed by atoms with Gasteiger partial charge in [-0.2, -0.15) is 0 Å². The van der Waals surface area contributed by atoms with Crippen LogP contribution in [-0.4, -0.2) is 37.4 Å². The van der Waals surface area contributed by atoms with E-state index in [1.54, 1.807) is 6.92 Å². The van der Waals surface area contributed by atoms with Gasteiger partial charge in [-0.05, 0) is 38.3 Å². The molecule has 3 heterocycles. The number of sulfone groups is 1. The van der Waals surface area contributed by atoms with Crippen LogP contribution in [-0.2, 0) is 9.84 Å². The largest absolute Gasteiger partial charge is 0.459 e. The molecule has 2 aromatic rings. The molecule has 0 saturated carbocycles. The fraction of sp³-hybridized carbons (Fsp3) is 0.467. The molecule has 0 aromatic carbocycles. The molecule has 0 bridgehead atoms. The first kappa shape index (κ1) is 16.2. The van der Waals surface area contributed by atoms with Crippen molar-refractivity contribution < 1.29 is 17.6 Å². The number of nitrogens with one attached hydrogen (secondary N) is 1. The third-order valence-electron chi connectivity index (χ3n) is 3.83. The van der Waals surface area contributed by atoms with Gasteiger partial charge >= 0.3 is 0 Å². The fourth-order valence-electron chi connectivity index (χ4n) is 2.61. The van der Waals surface area contributed by atoms with Crippen molar-refractivity contribution >= 4 is 27.1 Å². The number of nitrogens with zero attached hydrogens (tertiary/aromatic N) is 1. The van der Waals surface area contributed by atoms with E-state index in [4.69, 9.17) is 4.42 Å². The van der Waals surface area contributed by atoms with Crippen molar-refractivity contribution in [3.8, 4) is 10.8 Å². The van der Waals surface area contributed by atoms with Gasteiger partial charge in [-0.25, -0.2) is 13.4 Å². The molecule has 23 heavy (non-hydrogen) atoms. The maximum Gasteiger partial charge on any atom is 0.263 e. The summed E-state index contributed by atoms with van der Waals surface area (Å²) in [5.74, 6) is 1.61. The zero-order chi connectivity index (χ0) is 16.6. The highest BCUT2D eigenvalue weighted by Crippen LogP contribution is 2.29. The number of carbonyl (C=O) groups is 1. The van der Waals surface area contributed by atoms with Crippen LogP contribution in [0.2, 0.25) is 0 Å². The number of hydrogen-bond acceptors (Lipinski definition) is 6. The Bertz CT molecular complexity index is 836. The van der Waals surface area contributed by atoms with E-state index in [9.17, 15) is 13.2 Å². The lowest BCUT2D eigenvalue weighted by Gasteiger charge is -2.08. The summed E-state index contributed by atoms with van der Waals surface area (Å²) >= 11 is 1.28. The quantitative estimate of drug-likeness (QED) is 0.909. The van der Waals surface area contributed by atoms with E-state index in [0.717, 1.165) is 5.76 Å². The molecule has 1 saturated heterocycles. The van der Waals surface area contributed by atoms with E-state index in [2.05, 4.69) is 10.3 Å². The molecule has 1 fully saturated rings. The van der Waals surface area contributed by atoms with Crippen molar-refractivity contribution in [3.05, 3.63) is 28.5 Å². The molecule has 1 amide bonds. The Labute approximate surface area is 138 Å². The average Bonchev–Trinajstić information content (AvgIpc) is 3.15. The van der Waals surface area contributed by atoms with Gasteiger partial charge in [0.1, 0.15) is 10.6 Å². The lowest BCUT2D eigenvalue weighted by Crippen LogP contribution is -2.29. The second kappa shape index (κ2) is 6.09. The van der Waals surface area contributed by atoms with Crippen LogP contribution < -0.4 is 5.32 Å². The van der Waals surface area contributed by atoms with E-state index in [0.29, 0.717) is 34.3 Å². The molecule has 6 nitrogen and oxygen atoms in total. The van der Waals surface area contributed by atoms with Crippen LogP contribution >= 0.6 is 11.3 Å². The van der Waals surface area contributed by atoms with Gasteiger partial charge < -0.3 is 9.73 Å². The molecule has 1 aliphatic heterocycles. The topological polar surface area (TPSA) is 89.3 Å². The second-order valence-electron chi connectivity index (χ2n) is 5.82. The number of furan rings is 1. The summed E-state index contributed by atoms with van der Waals surface area (Å²) in [6.07, 6.45) is 0.612. The summed E-state index contributed by atoms with van der Waals surface area (Å²) < 4.78 is 28.4. The molecule has 124 valence electrons. The Hall–Kier alpha value is -1.67. The third kappa shape index (κ3) is 3.64. The van der Waals surface area contributed by atoms with Crippen LogP contribution in [0.25, 0.3) is 10.8 Å². The lowest BCUT2D eigenvalue weighted by atomic mass is 10.1. The molecule has 3 rings (SSSR count).